The molecule has 2 amide bonds. The summed E-state index contributed by atoms with van der Waals surface area (Å²) in [5.74, 6) is 0.116. The Kier molecular flexibility index (Phi) is 7.71. The zero-order valence-corrected chi connectivity index (χ0v) is 20.8. The van der Waals surface area contributed by atoms with E-state index in [1.165, 1.54) is 33.5 Å². The SMILES string of the molecule is CCN(CC)S(=O)(=O)N1CCC(C2CCN(C3CC(=O)N(c4ccc(F)cc4)C3=O)CC2)CC1. The van der Waals surface area contributed by atoms with Gasteiger partial charge in [-0.25, -0.2) is 9.29 Å². The van der Waals surface area contributed by atoms with Gasteiger partial charge in [0.2, 0.25) is 5.91 Å². The second-order valence-electron chi connectivity index (χ2n) is 9.47. The molecule has 1 aromatic carbocycles. The molecular weight excluding hydrogens is 459 g/mol. The minimum Gasteiger partial charge on any atom is -0.292 e. The number of imide groups is 1. The number of hydrogen-bond acceptors (Lipinski definition) is 5. The van der Waals surface area contributed by atoms with Crippen molar-refractivity contribution in [2.75, 3.05) is 44.2 Å². The number of carbonyl (C=O) groups excluding carboxylic acids is 2. The van der Waals surface area contributed by atoms with E-state index in [1.807, 2.05) is 13.8 Å². The van der Waals surface area contributed by atoms with Crippen LogP contribution >= 0.6 is 0 Å². The standard InChI is InChI=1S/C24H35FN4O4S/c1-3-27(4-2)34(32,33)28-15-11-19(12-16-28)18-9-13-26(14-10-18)22-17-23(30)29(24(22)31)21-7-5-20(25)6-8-21/h5-8,18-19,22H,3-4,9-17H2,1-2H3. The van der Waals surface area contributed by atoms with E-state index >= 15 is 0 Å². The lowest BCUT2D eigenvalue weighted by molar-refractivity contribution is -0.123. The van der Waals surface area contributed by atoms with Gasteiger partial charge in [-0.15, -0.1) is 0 Å². The van der Waals surface area contributed by atoms with Crippen LogP contribution in [0.5, 0.6) is 0 Å². The molecule has 3 aliphatic rings. The normalized spacial score (nSPS) is 24.5. The lowest BCUT2D eigenvalue weighted by Gasteiger charge is -2.41. The predicted octanol–water partition coefficient (Wildman–Crippen LogP) is 2.47. The summed E-state index contributed by atoms with van der Waals surface area (Å²) in [4.78, 5) is 28.9. The Balaban J connectivity index is 1.30. The molecule has 0 radical (unpaired) electrons. The van der Waals surface area contributed by atoms with Crippen LogP contribution in [0.25, 0.3) is 0 Å². The van der Waals surface area contributed by atoms with Crippen molar-refractivity contribution >= 4 is 27.7 Å². The third-order valence-corrected chi connectivity index (χ3v) is 9.93. The van der Waals surface area contributed by atoms with Gasteiger partial charge >= 0.3 is 0 Å². The number of nitrogens with zero attached hydrogens (tertiary/aromatic N) is 4. The minimum atomic E-state index is -3.38. The highest BCUT2D eigenvalue weighted by atomic mass is 32.2. The molecule has 3 aliphatic heterocycles. The van der Waals surface area contributed by atoms with E-state index in [9.17, 15) is 22.4 Å². The van der Waals surface area contributed by atoms with Crippen LogP contribution in [0.1, 0.15) is 46.0 Å². The smallest absolute Gasteiger partial charge is 0.281 e. The molecule has 1 aromatic rings. The van der Waals surface area contributed by atoms with Crippen molar-refractivity contribution in [3.05, 3.63) is 30.1 Å². The van der Waals surface area contributed by atoms with Crippen molar-refractivity contribution in [1.29, 1.82) is 0 Å². The number of benzene rings is 1. The predicted molar refractivity (Wildman–Crippen MR) is 128 cm³/mol. The van der Waals surface area contributed by atoms with Crippen molar-refractivity contribution in [2.24, 2.45) is 11.8 Å². The molecule has 0 saturated carbocycles. The van der Waals surface area contributed by atoms with E-state index in [2.05, 4.69) is 4.90 Å². The third-order valence-electron chi connectivity index (χ3n) is 7.75. The molecule has 0 N–H and O–H groups in total. The molecule has 0 bridgehead atoms. The highest BCUT2D eigenvalue weighted by Crippen LogP contribution is 2.35. The van der Waals surface area contributed by atoms with E-state index < -0.39 is 22.1 Å². The van der Waals surface area contributed by atoms with Gasteiger partial charge in [0.15, 0.2) is 0 Å². The first kappa shape index (κ1) is 25.2. The average Bonchev–Trinajstić information content (AvgIpc) is 3.14. The Bertz CT molecular complexity index is 983. The van der Waals surface area contributed by atoms with Gasteiger partial charge in [-0.3, -0.25) is 14.5 Å². The maximum absolute atomic E-state index is 13.2. The van der Waals surface area contributed by atoms with E-state index in [1.54, 1.807) is 4.31 Å². The van der Waals surface area contributed by atoms with E-state index in [4.69, 9.17) is 0 Å². The van der Waals surface area contributed by atoms with Gasteiger partial charge in [0.05, 0.1) is 18.2 Å². The summed E-state index contributed by atoms with van der Waals surface area (Å²) in [5, 5.41) is 0. The number of halogens is 1. The van der Waals surface area contributed by atoms with Crippen molar-refractivity contribution in [3.63, 3.8) is 0 Å². The quantitative estimate of drug-likeness (QED) is 0.544. The Hall–Kier alpha value is -1.88. The molecule has 34 heavy (non-hydrogen) atoms. The molecule has 0 spiro atoms. The number of anilines is 1. The summed E-state index contributed by atoms with van der Waals surface area (Å²) in [6.45, 7) is 7.33. The lowest BCUT2D eigenvalue weighted by atomic mass is 9.79. The molecule has 4 rings (SSSR count). The Labute approximate surface area is 201 Å². The molecule has 8 nitrogen and oxygen atoms in total. The van der Waals surface area contributed by atoms with Crippen LogP contribution in [0, 0.1) is 17.7 Å². The summed E-state index contributed by atoms with van der Waals surface area (Å²) >= 11 is 0. The maximum atomic E-state index is 13.2. The van der Waals surface area contributed by atoms with E-state index in [0.717, 1.165) is 38.8 Å². The number of piperidine rings is 2. The van der Waals surface area contributed by atoms with Gasteiger partial charge < -0.3 is 0 Å². The van der Waals surface area contributed by atoms with Gasteiger partial charge in [-0.2, -0.15) is 17.0 Å². The fourth-order valence-electron chi connectivity index (χ4n) is 5.76. The highest BCUT2D eigenvalue weighted by molar-refractivity contribution is 7.86. The molecule has 3 saturated heterocycles. The first-order valence-corrected chi connectivity index (χ1v) is 13.8. The molecule has 1 unspecified atom stereocenters. The van der Waals surface area contributed by atoms with Crippen molar-refractivity contribution < 1.29 is 22.4 Å². The largest absolute Gasteiger partial charge is 0.292 e. The zero-order valence-electron chi connectivity index (χ0n) is 20.0. The molecule has 0 aliphatic carbocycles. The lowest BCUT2D eigenvalue weighted by Crippen LogP contribution is -2.49. The zero-order chi connectivity index (χ0) is 24.5. The van der Waals surface area contributed by atoms with Crippen LogP contribution in [-0.4, -0.2) is 79.1 Å². The van der Waals surface area contributed by atoms with Crippen LogP contribution < -0.4 is 4.90 Å². The number of amides is 2. The fraction of sp³-hybridized carbons (Fsp3) is 0.667. The van der Waals surface area contributed by atoms with Gasteiger partial charge in [-0.05, 0) is 74.9 Å². The molecule has 3 heterocycles. The van der Waals surface area contributed by atoms with E-state index in [0.29, 0.717) is 43.7 Å². The first-order valence-electron chi connectivity index (χ1n) is 12.4. The minimum absolute atomic E-state index is 0.155. The van der Waals surface area contributed by atoms with Crippen molar-refractivity contribution in [3.8, 4) is 0 Å². The molecular formula is C24H35FN4O4S. The molecule has 3 fully saturated rings. The van der Waals surface area contributed by atoms with Crippen LogP contribution in [-0.2, 0) is 19.8 Å². The topological polar surface area (TPSA) is 81.2 Å². The van der Waals surface area contributed by atoms with Crippen LogP contribution in [0.3, 0.4) is 0 Å². The van der Waals surface area contributed by atoms with Crippen molar-refractivity contribution in [2.45, 2.75) is 52.0 Å². The van der Waals surface area contributed by atoms with Crippen LogP contribution in [0.4, 0.5) is 10.1 Å². The number of rotatable bonds is 7. The third kappa shape index (κ3) is 4.91. The molecule has 0 aromatic heterocycles. The number of carbonyl (C=O) groups is 2. The van der Waals surface area contributed by atoms with Gasteiger partial charge in [0.25, 0.3) is 16.1 Å². The van der Waals surface area contributed by atoms with Gasteiger partial charge in [-0.1, -0.05) is 13.8 Å². The Morgan fingerprint density at radius 1 is 0.912 bits per heavy atom. The Morgan fingerprint density at radius 3 is 1.97 bits per heavy atom. The van der Waals surface area contributed by atoms with Gasteiger partial charge in [0, 0.05) is 26.2 Å². The summed E-state index contributed by atoms with van der Waals surface area (Å²) in [7, 11) is -3.38. The summed E-state index contributed by atoms with van der Waals surface area (Å²) in [6, 6.07) is 4.99. The van der Waals surface area contributed by atoms with E-state index in [-0.39, 0.29) is 18.2 Å². The maximum Gasteiger partial charge on any atom is 0.281 e. The van der Waals surface area contributed by atoms with Crippen LogP contribution in [0.15, 0.2) is 24.3 Å². The average molecular weight is 495 g/mol. The second-order valence-corrected chi connectivity index (χ2v) is 11.4. The summed E-state index contributed by atoms with van der Waals surface area (Å²) in [6.07, 6.45) is 3.78. The van der Waals surface area contributed by atoms with Gasteiger partial charge in [0.1, 0.15) is 5.82 Å². The number of likely N-dealkylation sites (tertiary alicyclic amines) is 1. The summed E-state index contributed by atoms with van der Waals surface area (Å²) < 4.78 is 42.0. The van der Waals surface area contributed by atoms with Crippen LogP contribution in [0.2, 0.25) is 0 Å². The Morgan fingerprint density at radius 2 is 1.44 bits per heavy atom. The highest BCUT2D eigenvalue weighted by Gasteiger charge is 2.44. The number of hydrogen-bond donors (Lipinski definition) is 0. The summed E-state index contributed by atoms with van der Waals surface area (Å²) in [5.41, 5.74) is 0.417. The fourth-order valence-corrected chi connectivity index (χ4v) is 7.41. The molecule has 10 heteroatoms. The monoisotopic (exact) mass is 494 g/mol. The first-order chi connectivity index (χ1) is 16.3. The van der Waals surface area contributed by atoms with Crippen molar-refractivity contribution in [1.82, 2.24) is 13.5 Å². The molecule has 188 valence electrons. The molecule has 1 atom stereocenters. The second kappa shape index (κ2) is 10.4.